The molecule has 0 saturated carbocycles. The fourth-order valence-corrected chi connectivity index (χ4v) is 2.76. The molecule has 0 saturated heterocycles. The normalized spacial score (nSPS) is 19.3. The number of nitrogens with one attached hydrogen (secondary N) is 1. The first-order chi connectivity index (χ1) is 7.24. The van der Waals surface area contributed by atoms with Gasteiger partial charge >= 0.3 is 0 Å². The van der Waals surface area contributed by atoms with Gasteiger partial charge in [0.25, 0.3) is 0 Å². The summed E-state index contributed by atoms with van der Waals surface area (Å²) in [6.45, 7) is 3.20. The molecule has 0 aromatic heterocycles. The Hall–Kier alpha value is -0.240. The van der Waals surface area contributed by atoms with E-state index in [1.54, 1.807) is 0 Å². The van der Waals surface area contributed by atoms with Gasteiger partial charge in [0.05, 0.1) is 0 Å². The van der Waals surface area contributed by atoms with E-state index in [1.807, 2.05) is 12.1 Å². The van der Waals surface area contributed by atoms with Gasteiger partial charge < -0.3 is 5.32 Å². The molecule has 1 N–H and O–H groups in total. The molecule has 1 atom stereocenters. The summed E-state index contributed by atoms with van der Waals surface area (Å²) in [5.41, 5.74) is 2.45. The van der Waals surface area contributed by atoms with E-state index >= 15 is 0 Å². The zero-order valence-electron chi connectivity index (χ0n) is 8.82. The third kappa shape index (κ3) is 2.15. The van der Waals surface area contributed by atoms with Crippen molar-refractivity contribution in [3.8, 4) is 0 Å². The number of benzene rings is 1. The second-order valence-electron chi connectivity index (χ2n) is 3.97. The van der Waals surface area contributed by atoms with Gasteiger partial charge in [-0.3, -0.25) is 0 Å². The highest BCUT2D eigenvalue weighted by Crippen LogP contribution is 2.39. The minimum Gasteiger partial charge on any atom is -0.310 e. The number of hydrogen-bond donors (Lipinski definition) is 1. The van der Waals surface area contributed by atoms with Crippen LogP contribution >= 0.6 is 23.2 Å². The van der Waals surface area contributed by atoms with Crippen LogP contribution in [0.4, 0.5) is 0 Å². The van der Waals surface area contributed by atoms with Crippen LogP contribution in [0.2, 0.25) is 10.0 Å². The van der Waals surface area contributed by atoms with Crippen molar-refractivity contribution in [1.82, 2.24) is 5.32 Å². The van der Waals surface area contributed by atoms with Crippen molar-refractivity contribution in [2.75, 3.05) is 6.54 Å². The van der Waals surface area contributed by atoms with Gasteiger partial charge in [0, 0.05) is 16.1 Å². The molecule has 1 unspecified atom stereocenters. The van der Waals surface area contributed by atoms with Crippen LogP contribution < -0.4 is 5.32 Å². The van der Waals surface area contributed by atoms with Crippen LogP contribution in [-0.4, -0.2) is 6.54 Å². The Bertz CT molecular complexity index is 363. The first-order valence-electron chi connectivity index (χ1n) is 5.44. The fraction of sp³-hybridized carbons (Fsp3) is 0.500. The molecule has 82 valence electrons. The summed E-state index contributed by atoms with van der Waals surface area (Å²) in [6.07, 6.45) is 3.29. The Morgan fingerprint density at radius 3 is 2.80 bits per heavy atom. The van der Waals surface area contributed by atoms with E-state index < -0.39 is 0 Å². The van der Waals surface area contributed by atoms with Crippen LogP contribution in [-0.2, 0) is 6.42 Å². The fourth-order valence-electron chi connectivity index (χ4n) is 2.20. The van der Waals surface area contributed by atoms with Crippen molar-refractivity contribution in [3.05, 3.63) is 33.3 Å². The lowest BCUT2D eigenvalue weighted by molar-refractivity contribution is 0.529. The van der Waals surface area contributed by atoms with E-state index in [4.69, 9.17) is 23.2 Å². The molecular weight excluding hydrogens is 229 g/mol. The Balaban J connectivity index is 2.28. The molecule has 0 bridgehead atoms. The van der Waals surface area contributed by atoms with Crippen molar-refractivity contribution < 1.29 is 0 Å². The molecule has 0 heterocycles. The summed E-state index contributed by atoms with van der Waals surface area (Å²) in [4.78, 5) is 0. The van der Waals surface area contributed by atoms with Gasteiger partial charge in [-0.1, -0.05) is 30.1 Å². The van der Waals surface area contributed by atoms with Crippen LogP contribution in [0.3, 0.4) is 0 Å². The molecule has 1 aromatic carbocycles. The van der Waals surface area contributed by atoms with Crippen molar-refractivity contribution >= 4 is 23.2 Å². The number of hydrogen-bond acceptors (Lipinski definition) is 1. The maximum atomic E-state index is 6.22. The predicted molar refractivity (Wildman–Crippen MR) is 65.8 cm³/mol. The Morgan fingerprint density at radius 2 is 2.07 bits per heavy atom. The zero-order valence-corrected chi connectivity index (χ0v) is 10.3. The predicted octanol–water partition coefficient (Wildman–Crippen LogP) is 3.98. The van der Waals surface area contributed by atoms with E-state index in [1.165, 1.54) is 11.1 Å². The highest BCUT2D eigenvalue weighted by Gasteiger charge is 2.26. The lowest BCUT2D eigenvalue weighted by Gasteiger charge is -2.14. The van der Waals surface area contributed by atoms with Crippen LogP contribution in [0, 0.1) is 0 Å². The summed E-state index contributed by atoms with van der Waals surface area (Å²) >= 11 is 12.4. The minimum atomic E-state index is 0.395. The number of fused-ring (bicyclic) bond motifs is 1. The summed E-state index contributed by atoms with van der Waals surface area (Å²) in [5, 5.41) is 5.22. The molecule has 2 rings (SSSR count). The van der Waals surface area contributed by atoms with Gasteiger partial charge in [-0.05, 0) is 49.1 Å². The van der Waals surface area contributed by atoms with Crippen molar-refractivity contribution in [1.29, 1.82) is 0 Å². The number of rotatable bonds is 3. The molecule has 1 aliphatic carbocycles. The second-order valence-corrected chi connectivity index (χ2v) is 4.78. The quantitative estimate of drug-likeness (QED) is 0.847. The first-order valence-corrected chi connectivity index (χ1v) is 6.19. The average molecular weight is 244 g/mol. The Labute approximate surface area is 101 Å². The largest absolute Gasteiger partial charge is 0.310 e. The third-order valence-electron chi connectivity index (χ3n) is 2.92. The van der Waals surface area contributed by atoms with Gasteiger partial charge in [-0.2, -0.15) is 0 Å². The Kier molecular flexibility index (Phi) is 3.55. The molecule has 0 radical (unpaired) electrons. The van der Waals surface area contributed by atoms with Crippen LogP contribution in [0.5, 0.6) is 0 Å². The maximum Gasteiger partial charge on any atom is 0.0457 e. The van der Waals surface area contributed by atoms with Crippen LogP contribution in [0.25, 0.3) is 0 Å². The lowest BCUT2D eigenvalue weighted by atomic mass is 10.1. The van der Waals surface area contributed by atoms with E-state index in [-0.39, 0.29) is 0 Å². The highest BCUT2D eigenvalue weighted by molar-refractivity contribution is 6.34. The van der Waals surface area contributed by atoms with Crippen LogP contribution in [0.15, 0.2) is 12.1 Å². The summed E-state index contributed by atoms with van der Waals surface area (Å²) in [5.74, 6) is 0. The average Bonchev–Trinajstić information content (AvgIpc) is 2.65. The van der Waals surface area contributed by atoms with Gasteiger partial charge in [-0.15, -0.1) is 0 Å². The molecule has 1 aliphatic rings. The molecule has 0 spiro atoms. The second kappa shape index (κ2) is 4.73. The smallest absolute Gasteiger partial charge is 0.0457 e. The van der Waals surface area contributed by atoms with Crippen molar-refractivity contribution in [2.45, 2.75) is 32.2 Å². The van der Waals surface area contributed by atoms with Gasteiger partial charge in [0.15, 0.2) is 0 Å². The van der Waals surface area contributed by atoms with Gasteiger partial charge in [-0.25, -0.2) is 0 Å². The molecule has 15 heavy (non-hydrogen) atoms. The van der Waals surface area contributed by atoms with E-state index in [0.717, 1.165) is 35.9 Å². The van der Waals surface area contributed by atoms with Gasteiger partial charge in [0.2, 0.25) is 0 Å². The van der Waals surface area contributed by atoms with Crippen molar-refractivity contribution in [2.24, 2.45) is 0 Å². The summed E-state index contributed by atoms with van der Waals surface area (Å²) < 4.78 is 0. The zero-order chi connectivity index (χ0) is 10.8. The first kappa shape index (κ1) is 11.3. The lowest BCUT2D eigenvalue weighted by Crippen LogP contribution is -2.20. The SMILES string of the molecule is CCCNC1CCc2c(Cl)ccc(Cl)c21. The molecule has 3 heteroatoms. The monoisotopic (exact) mass is 243 g/mol. The molecule has 0 aliphatic heterocycles. The molecule has 1 aromatic rings. The molecular formula is C12H15Cl2N. The third-order valence-corrected chi connectivity index (χ3v) is 3.60. The van der Waals surface area contributed by atoms with Crippen LogP contribution in [0.1, 0.15) is 36.9 Å². The standard InChI is InChI=1S/C12H15Cl2N/c1-2-7-15-11-6-3-8-9(13)4-5-10(14)12(8)11/h4-5,11,15H,2-3,6-7H2,1H3. The summed E-state index contributed by atoms with van der Waals surface area (Å²) in [6, 6.07) is 4.19. The van der Waals surface area contributed by atoms with Gasteiger partial charge in [0.1, 0.15) is 0 Å². The van der Waals surface area contributed by atoms with Crippen molar-refractivity contribution in [3.63, 3.8) is 0 Å². The van der Waals surface area contributed by atoms with E-state index in [0.29, 0.717) is 6.04 Å². The molecule has 1 nitrogen and oxygen atoms in total. The number of halogens is 2. The van der Waals surface area contributed by atoms with E-state index in [2.05, 4.69) is 12.2 Å². The topological polar surface area (TPSA) is 12.0 Å². The van der Waals surface area contributed by atoms with E-state index in [9.17, 15) is 0 Å². The summed E-state index contributed by atoms with van der Waals surface area (Å²) in [7, 11) is 0. The Morgan fingerprint density at radius 1 is 1.33 bits per heavy atom. The maximum absolute atomic E-state index is 6.22. The molecule has 0 fully saturated rings. The highest BCUT2D eigenvalue weighted by atomic mass is 35.5. The minimum absolute atomic E-state index is 0.395. The molecule has 0 amide bonds.